The molecule has 1 aromatic heterocycles. The smallest absolute Gasteiger partial charge is 0.494 e. The van der Waals surface area contributed by atoms with Crippen LogP contribution in [-0.4, -0.2) is 30.4 Å². The number of H-pyrrole nitrogens is 1. The van der Waals surface area contributed by atoms with Gasteiger partial charge in [-0.15, -0.1) is 0 Å². The van der Waals surface area contributed by atoms with Crippen LogP contribution in [-0.2, 0) is 9.31 Å². The highest BCUT2D eigenvalue weighted by Crippen LogP contribution is 2.37. The average molecular weight is 287 g/mol. The molecule has 4 nitrogen and oxygen atoms in total. The second-order valence-corrected chi connectivity index (χ2v) is 6.71. The van der Waals surface area contributed by atoms with Crippen LogP contribution in [0.5, 0.6) is 5.75 Å². The molecule has 2 heterocycles. The number of aryl methyl sites for hydroxylation is 1. The number of rotatable bonds is 2. The molecule has 0 amide bonds. The summed E-state index contributed by atoms with van der Waals surface area (Å²) in [6, 6.07) is 4.10. The predicted molar refractivity (Wildman–Crippen MR) is 85.3 cm³/mol. The fourth-order valence-electron chi connectivity index (χ4n) is 2.63. The molecule has 0 atom stereocenters. The van der Waals surface area contributed by atoms with Gasteiger partial charge in [-0.05, 0) is 51.7 Å². The van der Waals surface area contributed by atoms with E-state index in [2.05, 4.69) is 45.7 Å². The van der Waals surface area contributed by atoms with Gasteiger partial charge in [0.15, 0.2) is 0 Å². The van der Waals surface area contributed by atoms with Gasteiger partial charge in [0.2, 0.25) is 0 Å². The van der Waals surface area contributed by atoms with Crippen molar-refractivity contribution in [3.05, 3.63) is 23.9 Å². The molecule has 112 valence electrons. The van der Waals surface area contributed by atoms with Crippen molar-refractivity contribution < 1.29 is 14.0 Å². The Balaban J connectivity index is 2.08. The van der Waals surface area contributed by atoms with Gasteiger partial charge in [-0.2, -0.15) is 0 Å². The summed E-state index contributed by atoms with van der Waals surface area (Å²) < 4.78 is 17.8. The van der Waals surface area contributed by atoms with Gasteiger partial charge in [-0.25, -0.2) is 0 Å². The third-order valence-electron chi connectivity index (χ3n) is 4.73. The Morgan fingerprint density at radius 3 is 2.29 bits per heavy atom. The van der Waals surface area contributed by atoms with E-state index in [0.717, 1.165) is 22.1 Å². The molecule has 1 aromatic carbocycles. The summed E-state index contributed by atoms with van der Waals surface area (Å²) in [5.74, 6) is 0.810. The van der Waals surface area contributed by atoms with Crippen molar-refractivity contribution in [3.8, 4) is 5.75 Å². The Kier molecular flexibility index (Phi) is 3.12. The Bertz CT molecular complexity index is 674. The molecule has 0 aliphatic carbocycles. The summed E-state index contributed by atoms with van der Waals surface area (Å²) in [6.45, 7) is 10.3. The Labute approximate surface area is 125 Å². The molecule has 0 spiro atoms. The van der Waals surface area contributed by atoms with Crippen molar-refractivity contribution in [2.24, 2.45) is 0 Å². The highest BCUT2D eigenvalue weighted by Gasteiger charge is 2.51. The summed E-state index contributed by atoms with van der Waals surface area (Å²) in [6.07, 6.45) is 1.99. The lowest BCUT2D eigenvalue weighted by Gasteiger charge is -2.32. The van der Waals surface area contributed by atoms with E-state index >= 15 is 0 Å². The first-order chi connectivity index (χ1) is 9.75. The van der Waals surface area contributed by atoms with E-state index in [1.807, 2.05) is 12.3 Å². The van der Waals surface area contributed by atoms with Crippen LogP contribution in [0.15, 0.2) is 18.3 Å². The topological polar surface area (TPSA) is 43.5 Å². The second kappa shape index (κ2) is 4.52. The van der Waals surface area contributed by atoms with Gasteiger partial charge in [0, 0.05) is 11.6 Å². The molecule has 21 heavy (non-hydrogen) atoms. The minimum atomic E-state index is -0.373. The lowest BCUT2D eigenvalue weighted by molar-refractivity contribution is 0.00578. The highest BCUT2D eigenvalue weighted by atomic mass is 16.7. The zero-order valence-corrected chi connectivity index (χ0v) is 13.5. The maximum absolute atomic E-state index is 6.13. The van der Waals surface area contributed by atoms with E-state index in [0.29, 0.717) is 0 Å². The number of aromatic amines is 1. The molecule has 1 fully saturated rings. The number of benzene rings is 1. The van der Waals surface area contributed by atoms with Crippen molar-refractivity contribution >= 4 is 23.5 Å². The van der Waals surface area contributed by atoms with E-state index in [1.165, 1.54) is 5.56 Å². The lowest BCUT2D eigenvalue weighted by atomic mass is 9.78. The van der Waals surface area contributed by atoms with Crippen molar-refractivity contribution in [1.29, 1.82) is 0 Å². The Morgan fingerprint density at radius 2 is 1.71 bits per heavy atom. The quantitative estimate of drug-likeness (QED) is 0.864. The monoisotopic (exact) mass is 287 g/mol. The summed E-state index contributed by atoms with van der Waals surface area (Å²) in [4.78, 5) is 3.25. The number of methoxy groups -OCH3 is 1. The average Bonchev–Trinajstić information content (AvgIpc) is 2.87. The summed E-state index contributed by atoms with van der Waals surface area (Å²) in [5.41, 5.74) is 2.50. The van der Waals surface area contributed by atoms with Gasteiger partial charge in [0.05, 0.1) is 23.8 Å². The zero-order valence-electron chi connectivity index (χ0n) is 13.5. The number of ether oxygens (including phenoxy) is 1. The first-order valence-corrected chi connectivity index (χ1v) is 7.26. The van der Waals surface area contributed by atoms with Gasteiger partial charge < -0.3 is 19.0 Å². The highest BCUT2D eigenvalue weighted by molar-refractivity contribution is 6.62. The minimum absolute atomic E-state index is 0.340. The van der Waals surface area contributed by atoms with Crippen LogP contribution in [0, 0.1) is 6.92 Å². The van der Waals surface area contributed by atoms with Crippen molar-refractivity contribution in [2.75, 3.05) is 7.11 Å². The molecule has 1 aliphatic heterocycles. The molecular weight excluding hydrogens is 265 g/mol. The molecule has 2 aromatic rings. The third-order valence-corrected chi connectivity index (χ3v) is 4.73. The SMILES string of the molecule is COc1cc(B2OC(C)(C)C(C)(C)O2)cc2c(C)c[nH]c12. The van der Waals surface area contributed by atoms with E-state index in [9.17, 15) is 0 Å². The van der Waals surface area contributed by atoms with Gasteiger partial charge in [-0.1, -0.05) is 6.07 Å². The Hall–Kier alpha value is -1.46. The summed E-state index contributed by atoms with van der Waals surface area (Å²) >= 11 is 0. The number of aromatic nitrogens is 1. The fourth-order valence-corrected chi connectivity index (χ4v) is 2.63. The normalized spacial score (nSPS) is 20.2. The van der Waals surface area contributed by atoms with E-state index in [4.69, 9.17) is 14.0 Å². The predicted octanol–water partition coefficient (Wildman–Crippen LogP) is 2.78. The maximum atomic E-state index is 6.13. The van der Waals surface area contributed by atoms with Crippen LogP contribution in [0.1, 0.15) is 33.3 Å². The molecule has 5 heteroatoms. The maximum Gasteiger partial charge on any atom is 0.494 e. The number of hydrogen-bond donors (Lipinski definition) is 1. The Morgan fingerprint density at radius 1 is 1.10 bits per heavy atom. The number of nitrogens with one attached hydrogen (secondary N) is 1. The van der Waals surface area contributed by atoms with E-state index in [1.54, 1.807) is 7.11 Å². The van der Waals surface area contributed by atoms with Crippen LogP contribution in [0.25, 0.3) is 10.9 Å². The molecule has 3 rings (SSSR count). The van der Waals surface area contributed by atoms with Crippen molar-refractivity contribution in [3.63, 3.8) is 0 Å². The van der Waals surface area contributed by atoms with E-state index < -0.39 is 0 Å². The van der Waals surface area contributed by atoms with Gasteiger partial charge in [0.1, 0.15) is 5.75 Å². The molecule has 0 bridgehead atoms. The molecule has 1 aliphatic rings. The zero-order chi connectivity index (χ0) is 15.4. The largest absolute Gasteiger partial charge is 0.495 e. The van der Waals surface area contributed by atoms with Crippen LogP contribution >= 0.6 is 0 Å². The first kappa shape index (κ1) is 14.5. The van der Waals surface area contributed by atoms with Crippen molar-refractivity contribution in [2.45, 2.75) is 45.8 Å². The lowest BCUT2D eigenvalue weighted by Crippen LogP contribution is -2.41. The summed E-state index contributed by atoms with van der Waals surface area (Å²) in [5, 5.41) is 1.14. The molecular formula is C16H22BNO3. The number of hydrogen-bond acceptors (Lipinski definition) is 3. The molecule has 1 N–H and O–H groups in total. The van der Waals surface area contributed by atoms with Crippen molar-refractivity contribution in [1.82, 2.24) is 4.98 Å². The first-order valence-electron chi connectivity index (χ1n) is 7.26. The van der Waals surface area contributed by atoms with E-state index in [-0.39, 0.29) is 18.3 Å². The third kappa shape index (κ3) is 2.15. The molecule has 0 radical (unpaired) electrons. The second-order valence-electron chi connectivity index (χ2n) is 6.71. The fraction of sp³-hybridized carbons (Fsp3) is 0.500. The van der Waals surface area contributed by atoms with Crippen LogP contribution in [0.2, 0.25) is 0 Å². The molecule has 0 unspecified atom stereocenters. The number of fused-ring (bicyclic) bond motifs is 1. The van der Waals surface area contributed by atoms with Crippen LogP contribution in [0.3, 0.4) is 0 Å². The van der Waals surface area contributed by atoms with Gasteiger partial charge >= 0.3 is 7.12 Å². The van der Waals surface area contributed by atoms with Crippen LogP contribution in [0.4, 0.5) is 0 Å². The summed E-state index contributed by atoms with van der Waals surface area (Å²) in [7, 11) is 1.31. The van der Waals surface area contributed by atoms with Gasteiger partial charge in [0.25, 0.3) is 0 Å². The standard InChI is InChI=1S/C16H22BNO3/c1-10-9-18-14-12(10)7-11(8-13(14)19-6)17-20-15(2,3)16(4,5)21-17/h7-9,18H,1-6H3. The minimum Gasteiger partial charge on any atom is -0.495 e. The van der Waals surface area contributed by atoms with Gasteiger partial charge in [-0.3, -0.25) is 0 Å². The molecule has 1 saturated heterocycles. The van der Waals surface area contributed by atoms with Crippen LogP contribution < -0.4 is 10.2 Å². The molecule has 0 saturated carbocycles.